The molecule has 0 aliphatic carbocycles. The predicted molar refractivity (Wildman–Crippen MR) is 73.1 cm³/mol. The van der Waals surface area contributed by atoms with Crippen molar-refractivity contribution < 1.29 is 4.74 Å². The van der Waals surface area contributed by atoms with Crippen LogP contribution in [-0.2, 0) is 0 Å². The van der Waals surface area contributed by atoms with Crippen LogP contribution in [0.4, 0.5) is 5.82 Å². The van der Waals surface area contributed by atoms with Crippen LogP contribution in [0.3, 0.4) is 0 Å². The first-order chi connectivity index (χ1) is 8.19. The van der Waals surface area contributed by atoms with Crippen molar-refractivity contribution in [2.75, 3.05) is 17.8 Å². The van der Waals surface area contributed by atoms with Gasteiger partial charge in [-0.15, -0.1) is 11.6 Å². The first kappa shape index (κ1) is 14.1. The monoisotopic (exact) mass is 256 g/mol. The van der Waals surface area contributed by atoms with Crippen LogP contribution in [0.1, 0.15) is 33.6 Å². The van der Waals surface area contributed by atoms with Crippen molar-refractivity contribution in [1.82, 2.24) is 4.98 Å². The lowest BCUT2D eigenvalue weighted by atomic mass is 9.95. The fourth-order valence-electron chi connectivity index (χ4n) is 1.63. The van der Waals surface area contributed by atoms with E-state index in [1.165, 1.54) is 0 Å². The van der Waals surface area contributed by atoms with Crippen LogP contribution >= 0.6 is 11.6 Å². The molecule has 0 aromatic carbocycles. The van der Waals surface area contributed by atoms with Gasteiger partial charge in [0.2, 0.25) is 5.88 Å². The molecule has 0 atom stereocenters. The minimum Gasteiger partial charge on any atom is -0.478 e. The minimum atomic E-state index is -0.0839. The van der Waals surface area contributed by atoms with E-state index in [0.717, 1.165) is 18.7 Å². The number of pyridine rings is 1. The third-order valence-corrected chi connectivity index (χ3v) is 3.53. The van der Waals surface area contributed by atoms with Crippen molar-refractivity contribution in [3.05, 3.63) is 18.2 Å². The molecule has 0 aliphatic rings. The number of nitrogens with one attached hydrogen (secondary N) is 1. The zero-order valence-corrected chi connectivity index (χ0v) is 11.5. The highest BCUT2D eigenvalue weighted by atomic mass is 35.5. The van der Waals surface area contributed by atoms with Gasteiger partial charge in [-0.05, 0) is 25.8 Å². The second kappa shape index (κ2) is 6.70. The summed E-state index contributed by atoms with van der Waals surface area (Å²) in [6, 6.07) is 5.73. The number of ether oxygens (including phenoxy) is 1. The highest BCUT2D eigenvalue weighted by molar-refractivity contribution is 6.18. The Hall–Kier alpha value is -0.960. The molecular weight excluding hydrogens is 236 g/mol. The fourth-order valence-corrected chi connectivity index (χ4v) is 2.08. The molecule has 1 aromatic rings. The van der Waals surface area contributed by atoms with Crippen molar-refractivity contribution in [3.8, 4) is 5.88 Å². The van der Waals surface area contributed by atoms with E-state index < -0.39 is 0 Å². The molecule has 0 radical (unpaired) electrons. The van der Waals surface area contributed by atoms with E-state index in [1.807, 2.05) is 25.1 Å². The molecule has 1 aromatic heterocycles. The number of anilines is 1. The number of rotatable bonds is 7. The predicted octanol–water partition coefficient (Wildman–Crippen LogP) is 3.69. The van der Waals surface area contributed by atoms with Gasteiger partial charge in [-0.25, -0.2) is 0 Å². The van der Waals surface area contributed by atoms with Crippen molar-refractivity contribution in [3.63, 3.8) is 0 Å². The Bertz CT molecular complexity index is 332. The summed E-state index contributed by atoms with van der Waals surface area (Å²) in [6.07, 6.45) is 1.93. The van der Waals surface area contributed by atoms with E-state index >= 15 is 0 Å². The summed E-state index contributed by atoms with van der Waals surface area (Å²) in [4.78, 5) is 4.40. The molecule has 0 bridgehead atoms. The molecule has 96 valence electrons. The van der Waals surface area contributed by atoms with Crippen LogP contribution in [-0.4, -0.2) is 23.0 Å². The van der Waals surface area contributed by atoms with E-state index in [-0.39, 0.29) is 5.54 Å². The molecule has 0 fully saturated rings. The quantitative estimate of drug-likeness (QED) is 0.756. The molecule has 1 rings (SSSR count). The Morgan fingerprint density at radius 1 is 1.29 bits per heavy atom. The second-order valence-electron chi connectivity index (χ2n) is 4.04. The molecule has 0 amide bonds. The van der Waals surface area contributed by atoms with Crippen LogP contribution in [0.15, 0.2) is 18.2 Å². The summed E-state index contributed by atoms with van der Waals surface area (Å²) < 4.78 is 5.38. The smallest absolute Gasteiger partial charge is 0.215 e. The maximum absolute atomic E-state index is 6.05. The van der Waals surface area contributed by atoms with E-state index in [0.29, 0.717) is 18.4 Å². The van der Waals surface area contributed by atoms with E-state index in [4.69, 9.17) is 16.3 Å². The van der Waals surface area contributed by atoms with E-state index in [9.17, 15) is 0 Å². The van der Waals surface area contributed by atoms with Crippen LogP contribution in [0.25, 0.3) is 0 Å². The fraction of sp³-hybridized carbons (Fsp3) is 0.615. The van der Waals surface area contributed by atoms with Gasteiger partial charge in [0.1, 0.15) is 5.82 Å². The Kier molecular flexibility index (Phi) is 5.56. The van der Waals surface area contributed by atoms with Crippen LogP contribution in [0.5, 0.6) is 5.88 Å². The average Bonchev–Trinajstić information content (AvgIpc) is 2.37. The van der Waals surface area contributed by atoms with Crippen molar-refractivity contribution in [1.29, 1.82) is 0 Å². The molecule has 4 heteroatoms. The van der Waals surface area contributed by atoms with Crippen molar-refractivity contribution in [2.24, 2.45) is 0 Å². The molecule has 0 spiro atoms. The lowest BCUT2D eigenvalue weighted by Crippen LogP contribution is -2.39. The number of hydrogen-bond donors (Lipinski definition) is 1. The lowest BCUT2D eigenvalue weighted by Gasteiger charge is -2.31. The van der Waals surface area contributed by atoms with Gasteiger partial charge in [-0.3, -0.25) is 0 Å². The van der Waals surface area contributed by atoms with Crippen LogP contribution in [0.2, 0.25) is 0 Å². The third kappa shape index (κ3) is 3.77. The molecule has 1 heterocycles. The SMILES string of the molecule is CCOc1cccc(NC(CC)(CC)CCl)n1. The molecule has 0 unspecified atom stereocenters. The van der Waals surface area contributed by atoms with Gasteiger partial charge in [0, 0.05) is 11.9 Å². The van der Waals surface area contributed by atoms with Crippen LogP contribution < -0.4 is 10.1 Å². The van der Waals surface area contributed by atoms with Gasteiger partial charge < -0.3 is 10.1 Å². The number of alkyl halides is 1. The molecular formula is C13H21ClN2O. The maximum atomic E-state index is 6.05. The van der Waals surface area contributed by atoms with Crippen molar-refractivity contribution >= 4 is 17.4 Å². The molecule has 0 aliphatic heterocycles. The number of aromatic nitrogens is 1. The lowest BCUT2D eigenvalue weighted by molar-refractivity contribution is 0.327. The Morgan fingerprint density at radius 2 is 2.00 bits per heavy atom. The minimum absolute atomic E-state index is 0.0839. The zero-order valence-electron chi connectivity index (χ0n) is 10.8. The van der Waals surface area contributed by atoms with Gasteiger partial charge >= 0.3 is 0 Å². The Balaban J connectivity index is 2.82. The summed E-state index contributed by atoms with van der Waals surface area (Å²) in [5, 5.41) is 3.42. The van der Waals surface area contributed by atoms with Gasteiger partial charge in [-0.2, -0.15) is 4.98 Å². The summed E-state index contributed by atoms with van der Waals surface area (Å²) in [6.45, 7) is 6.83. The first-order valence-corrected chi connectivity index (χ1v) is 6.67. The van der Waals surface area contributed by atoms with Crippen LogP contribution in [0, 0.1) is 0 Å². The Morgan fingerprint density at radius 3 is 2.53 bits per heavy atom. The average molecular weight is 257 g/mol. The van der Waals surface area contributed by atoms with E-state index in [1.54, 1.807) is 0 Å². The van der Waals surface area contributed by atoms with Gasteiger partial charge in [0.15, 0.2) is 0 Å². The molecule has 1 N–H and O–H groups in total. The third-order valence-electron chi connectivity index (χ3n) is 3.02. The zero-order chi connectivity index (χ0) is 12.7. The molecule has 17 heavy (non-hydrogen) atoms. The first-order valence-electron chi connectivity index (χ1n) is 6.13. The van der Waals surface area contributed by atoms with Gasteiger partial charge in [0.25, 0.3) is 0 Å². The van der Waals surface area contributed by atoms with Gasteiger partial charge in [0.05, 0.1) is 12.1 Å². The largest absolute Gasteiger partial charge is 0.478 e. The summed E-state index contributed by atoms with van der Waals surface area (Å²) in [5.74, 6) is 2.04. The highest BCUT2D eigenvalue weighted by Gasteiger charge is 2.25. The Labute approximate surface area is 109 Å². The highest BCUT2D eigenvalue weighted by Crippen LogP contribution is 2.23. The standard InChI is InChI=1S/C13H21ClN2O/c1-4-13(5-2,10-14)16-11-8-7-9-12(15-11)17-6-3/h7-9H,4-6,10H2,1-3H3,(H,15,16). The number of hydrogen-bond acceptors (Lipinski definition) is 3. The summed E-state index contributed by atoms with van der Waals surface area (Å²) >= 11 is 6.05. The molecule has 0 saturated carbocycles. The topological polar surface area (TPSA) is 34.1 Å². The summed E-state index contributed by atoms with van der Waals surface area (Å²) in [5.41, 5.74) is -0.0839. The number of halogens is 1. The van der Waals surface area contributed by atoms with Gasteiger partial charge in [-0.1, -0.05) is 19.9 Å². The summed E-state index contributed by atoms with van der Waals surface area (Å²) in [7, 11) is 0. The molecule has 3 nitrogen and oxygen atoms in total. The van der Waals surface area contributed by atoms with E-state index in [2.05, 4.69) is 24.1 Å². The number of nitrogens with zero attached hydrogens (tertiary/aromatic N) is 1. The maximum Gasteiger partial charge on any atom is 0.215 e. The van der Waals surface area contributed by atoms with Crippen molar-refractivity contribution in [2.45, 2.75) is 39.2 Å². The normalized spacial score (nSPS) is 11.3. The molecule has 0 saturated heterocycles. The second-order valence-corrected chi connectivity index (χ2v) is 4.31.